The van der Waals surface area contributed by atoms with Crippen molar-refractivity contribution in [2.45, 2.75) is 44.3 Å². The summed E-state index contributed by atoms with van der Waals surface area (Å²) in [6.07, 6.45) is -7.03. The van der Waals surface area contributed by atoms with Gasteiger partial charge >= 0.3 is 12.4 Å². The highest BCUT2D eigenvalue weighted by atomic mass is 19.4. The second-order valence-electron chi connectivity index (χ2n) is 8.43. The molecule has 0 bridgehead atoms. The number of halogens is 6. The molecule has 4 heterocycles. The van der Waals surface area contributed by atoms with E-state index in [0.717, 1.165) is 18.5 Å². The minimum Gasteiger partial charge on any atom is -0.378 e. The molecule has 3 aromatic rings. The molecule has 0 spiro atoms. The van der Waals surface area contributed by atoms with Gasteiger partial charge in [-0.25, -0.2) is 10.1 Å². The van der Waals surface area contributed by atoms with E-state index in [0.29, 0.717) is 31.2 Å². The van der Waals surface area contributed by atoms with Crippen molar-refractivity contribution in [3.63, 3.8) is 0 Å². The van der Waals surface area contributed by atoms with Crippen LogP contribution in [0.3, 0.4) is 0 Å². The van der Waals surface area contributed by atoms with Crippen LogP contribution in [0.25, 0.3) is 0 Å². The van der Waals surface area contributed by atoms with Gasteiger partial charge in [-0.3, -0.25) is 4.79 Å². The molecule has 0 saturated carbocycles. The van der Waals surface area contributed by atoms with Crippen LogP contribution in [-0.4, -0.2) is 51.1 Å². The van der Waals surface area contributed by atoms with Crippen LogP contribution in [0, 0.1) is 0 Å². The van der Waals surface area contributed by atoms with Gasteiger partial charge in [0.25, 0.3) is 11.4 Å². The van der Waals surface area contributed by atoms with Gasteiger partial charge in [-0.1, -0.05) is 5.16 Å². The summed E-state index contributed by atoms with van der Waals surface area (Å²) in [6.45, 7) is 2.39. The standard InChI is InChI=1S/C21H21F6N7O3/c1-11(30-14-7-29-32-19(35)17(14)21(25,26)27)9-36-10-16-31-18(33-37-16)12-4-5-34(8-12)15-3-2-13(6-28-15)20(22,23)24/h2-3,6-7,11-12H,4-5,8-10H2,1H3,(H2,30,32,35). The first-order valence-electron chi connectivity index (χ1n) is 11.0. The summed E-state index contributed by atoms with van der Waals surface area (Å²) in [5.74, 6) is 0.839. The highest BCUT2D eigenvalue weighted by Crippen LogP contribution is 2.33. The number of nitrogens with zero attached hydrogens (tertiary/aromatic N) is 5. The predicted molar refractivity (Wildman–Crippen MR) is 116 cm³/mol. The maximum absolute atomic E-state index is 13.1. The fourth-order valence-corrected chi connectivity index (χ4v) is 3.83. The summed E-state index contributed by atoms with van der Waals surface area (Å²) in [5, 5.41) is 11.6. The maximum Gasteiger partial charge on any atom is 0.423 e. The van der Waals surface area contributed by atoms with Crippen molar-refractivity contribution in [2.24, 2.45) is 0 Å². The summed E-state index contributed by atoms with van der Waals surface area (Å²) >= 11 is 0. The number of alkyl halides is 6. The summed E-state index contributed by atoms with van der Waals surface area (Å²) in [6, 6.07) is 1.67. The van der Waals surface area contributed by atoms with E-state index in [1.54, 1.807) is 12.0 Å². The van der Waals surface area contributed by atoms with E-state index < -0.39 is 40.8 Å². The quantitative estimate of drug-likeness (QED) is 0.418. The molecule has 1 fully saturated rings. The van der Waals surface area contributed by atoms with Crippen LogP contribution in [0.4, 0.5) is 37.8 Å². The van der Waals surface area contributed by atoms with Crippen molar-refractivity contribution in [1.82, 2.24) is 25.3 Å². The van der Waals surface area contributed by atoms with E-state index in [9.17, 15) is 31.1 Å². The van der Waals surface area contributed by atoms with Crippen molar-refractivity contribution < 1.29 is 35.6 Å². The van der Waals surface area contributed by atoms with Gasteiger partial charge in [-0.05, 0) is 25.5 Å². The maximum atomic E-state index is 13.1. The van der Waals surface area contributed by atoms with Gasteiger partial charge in [-0.2, -0.15) is 36.4 Å². The molecule has 200 valence electrons. The minimum atomic E-state index is -4.86. The average Bonchev–Trinajstić information content (AvgIpc) is 3.48. The van der Waals surface area contributed by atoms with E-state index >= 15 is 0 Å². The van der Waals surface area contributed by atoms with E-state index in [1.807, 2.05) is 4.90 Å². The first-order chi connectivity index (χ1) is 17.4. The van der Waals surface area contributed by atoms with Gasteiger partial charge in [0.1, 0.15) is 18.0 Å². The Balaban J connectivity index is 1.28. The molecule has 1 aliphatic rings. The number of aromatic amines is 1. The van der Waals surface area contributed by atoms with E-state index in [4.69, 9.17) is 9.26 Å². The van der Waals surface area contributed by atoms with E-state index in [1.165, 1.54) is 6.07 Å². The normalized spacial score (nSPS) is 17.3. The third-order valence-electron chi connectivity index (χ3n) is 5.57. The molecule has 0 aromatic carbocycles. The van der Waals surface area contributed by atoms with Crippen LogP contribution in [0.15, 0.2) is 33.8 Å². The Kier molecular flexibility index (Phi) is 7.38. The number of ether oxygens (including phenoxy) is 1. The van der Waals surface area contributed by atoms with Crippen LogP contribution < -0.4 is 15.8 Å². The molecule has 0 amide bonds. The van der Waals surface area contributed by atoms with E-state index in [-0.39, 0.29) is 25.0 Å². The lowest BCUT2D eigenvalue weighted by atomic mass is 10.1. The van der Waals surface area contributed by atoms with Gasteiger partial charge in [0.05, 0.1) is 24.1 Å². The zero-order valence-corrected chi connectivity index (χ0v) is 19.2. The molecule has 2 unspecified atom stereocenters. The summed E-state index contributed by atoms with van der Waals surface area (Å²) in [5.41, 5.74) is -4.04. The van der Waals surface area contributed by atoms with Crippen LogP contribution in [0.5, 0.6) is 0 Å². The number of hydrogen-bond acceptors (Lipinski definition) is 9. The molecule has 10 nitrogen and oxygen atoms in total. The second kappa shape index (κ2) is 10.4. The highest BCUT2D eigenvalue weighted by molar-refractivity contribution is 5.50. The van der Waals surface area contributed by atoms with Crippen LogP contribution in [0.2, 0.25) is 0 Å². The largest absolute Gasteiger partial charge is 0.423 e. The molecule has 3 aromatic heterocycles. The van der Waals surface area contributed by atoms with Crippen LogP contribution in [0.1, 0.15) is 42.1 Å². The van der Waals surface area contributed by atoms with Crippen molar-refractivity contribution in [3.05, 3.63) is 57.7 Å². The van der Waals surface area contributed by atoms with Gasteiger partial charge in [0.2, 0.25) is 0 Å². The number of nitrogens with one attached hydrogen (secondary N) is 2. The Morgan fingerprint density at radius 3 is 2.68 bits per heavy atom. The van der Waals surface area contributed by atoms with Gasteiger partial charge in [0.15, 0.2) is 5.82 Å². The summed E-state index contributed by atoms with van der Waals surface area (Å²) in [4.78, 5) is 21.6. The van der Waals surface area contributed by atoms with Crippen LogP contribution >= 0.6 is 0 Å². The Morgan fingerprint density at radius 2 is 2.00 bits per heavy atom. The van der Waals surface area contributed by atoms with E-state index in [2.05, 4.69) is 25.5 Å². The number of aromatic nitrogens is 5. The molecular formula is C21H21F6N7O3. The number of pyridine rings is 1. The molecule has 37 heavy (non-hydrogen) atoms. The zero-order chi connectivity index (χ0) is 26.8. The van der Waals surface area contributed by atoms with Crippen molar-refractivity contribution >= 4 is 11.5 Å². The fourth-order valence-electron chi connectivity index (χ4n) is 3.83. The molecule has 2 atom stereocenters. The van der Waals surface area contributed by atoms with Gasteiger partial charge in [-0.15, -0.1) is 0 Å². The number of rotatable bonds is 8. The molecule has 16 heteroatoms. The third-order valence-corrected chi connectivity index (χ3v) is 5.57. The lowest BCUT2D eigenvalue weighted by Crippen LogP contribution is -2.29. The molecular weight excluding hydrogens is 512 g/mol. The lowest BCUT2D eigenvalue weighted by Gasteiger charge is -2.17. The molecule has 0 aliphatic carbocycles. The van der Waals surface area contributed by atoms with Crippen molar-refractivity contribution in [3.8, 4) is 0 Å². The Hall–Kier alpha value is -3.69. The van der Waals surface area contributed by atoms with Crippen molar-refractivity contribution in [2.75, 3.05) is 29.9 Å². The summed E-state index contributed by atoms with van der Waals surface area (Å²) in [7, 11) is 0. The van der Waals surface area contributed by atoms with Gasteiger partial charge < -0.3 is 19.5 Å². The smallest absolute Gasteiger partial charge is 0.378 e. The Morgan fingerprint density at radius 1 is 1.22 bits per heavy atom. The molecule has 0 radical (unpaired) electrons. The van der Waals surface area contributed by atoms with Crippen LogP contribution in [-0.2, 0) is 23.7 Å². The first kappa shape index (κ1) is 26.4. The second-order valence-corrected chi connectivity index (χ2v) is 8.43. The molecule has 4 rings (SSSR count). The highest BCUT2D eigenvalue weighted by Gasteiger charge is 2.37. The molecule has 1 aliphatic heterocycles. The Labute approximate surface area is 205 Å². The summed E-state index contributed by atoms with van der Waals surface area (Å²) < 4.78 is 88.3. The third kappa shape index (κ3) is 6.36. The van der Waals surface area contributed by atoms with Gasteiger partial charge in [0, 0.05) is 31.2 Å². The number of anilines is 2. The average molecular weight is 533 g/mol. The lowest BCUT2D eigenvalue weighted by molar-refractivity contribution is -0.138. The topological polar surface area (TPSA) is 122 Å². The predicted octanol–water partition coefficient (Wildman–Crippen LogP) is 3.60. The monoisotopic (exact) mass is 533 g/mol. The Bertz CT molecular complexity index is 1260. The number of hydrogen-bond donors (Lipinski definition) is 2. The SMILES string of the molecule is CC(COCc1nc(C2CCN(c3ccc(C(F)(F)F)cn3)C2)no1)Nc1cn[nH]c(=O)c1C(F)(F)F. The van der Waals surface area contributed by atoms with Crippen molar-refractivity contribution in [1.29, 1.82) is 0 Å². The molecule has 1 saturated heterocycles. The number of H-pyrrole nitrogens is 1. The molecule has 2 N–H and O–H groups in total. The fraction of sp³-hybridized carbons (Fsp3) is 0.476. The first-order valence-corrected chi connectivity index (χ1v) is 11.0. The minimum absolute atomic E-state index is 0.0430. The zero-order valence-electron chi connectivity index (χ0n) is 19.2.